The van der Waals surface area contributed by atoms with Gasteiger partial charge in [-0.25, -0.2) is 9.97 Å². The first-order valence-electron chi connectivity index (χ1n) is 8.99. The molecule has 3 heterocycles. The average molecular weight is 501 g/mol. The number of piperazine rings is 1. The number of guanidine groups is 1. The summed E-state index contributed by atoms with van der Waals surface area (Å²) in [6.45, 7) is 8.82. The second-order valence-corrected chi connectivity index (χ2v) is 7.61. The van der Waals surface area contributed by atoms with Crippen LogP contribution in [0.15, 0.2) is 35.6 Å². The van der Waals surface area contributed by atoms with Gasteiger partial charge in [0.2, 0.25) is 5.95 Å². The third-order valence-corrected chi connectivity index (χ3v) is 5.38. The van der Waals surface area contributed by atoms with Crippen molar-refractivity contribution in [1.82, 2.24) is 25.5 Å². The first-order chi connectivity index (χ1) is 12.7. The Morgan fingerprint density at radius 3 is 2.52 bits per heavy atom. The van der Waals surface area contributed by atoms with E-state index in [2.05, 4.69) is 54.5 Å². The molecule has 0 atom stereocenters. The van der Waals surface area contributed by atoms with E-state index < -0.39 is 0 Å². The van der Waals surface area contributed by atoms with Crippen molar-refractivity contribution in [2.45, 2.75) is 13.5 Å². The zero-order chi connectivity index (χ0) is 18.2. The molecular weight excluding hydrogens is 473 g/mol. The number of aromatic nitrogens is 2. The first kappa shape index (κ1) is 21.8. The highest BCUT2D eigenvalue weighted by Gasteiger charge is 2.18. The summed E-state index contributed by atoms with van der Waals surface area (Å²) in [4.78, 5) is 20.3. The highest BCUT2D eigenvalue weighted by molar-refractivity contribution is 14.0. The van der Waals surface area contributed by atoms with Gasteiger partial charge >= 0.3 is 0 Å². The molecule has 148 valence electrons. The van der Waals surface area contributed by atoms with Crippen LogP contribution in [0.4, 0.5) is 5.95 Å². The second-order valence-electron chi connectivity index (χ2n) is 6.24. The van der Waals surface area contributed by atoms with Crippen molar-refractivity contribution >= 4 is 47.2 Å². The predicted molar refractivity (Wildman–Crippen MR) is 123 cm³/mol. The molecule has 0 bridgehead atoms. The lowest BCUT2D eigenvalue weighted by atomic mass is 10.3. The Labute approximate surface area is 182 Å². The molecule has 0 unspecified atom stereocenters. The zero-order valence-corrected chi connectivity index (χ0v) is 19.0. The highest BCUT2D eigenvalue weighted by Crippen LogP contribution is 2.14. The molecule has 2 aromatic rings. The molecule has 2 N–H and O–H groups in total. The summed E-state index contributed by atoms with van der Waals surface area (Å²) < 4.78 is 0. The number of hydrogen-bond donors (Lipinski definition) is 2. The number of aryl methyl sites for hydroxylation is 1. The number of anilines is 1. The Morgan fingerprint density at radius 2 is 1.89 bits per heavy atom. The van der Waals surface area contributed by atoms with Gasteiger partial charge in [0.25, 0.3) is 0 Å². The summed E-state index contributed by atoms with van der Waals surface area (Å²) in [7, 11) is 1.81. The van der Waals surface area contributed by atoms with Gasteiger partial charge in [-0.05, 0) is 25.1 Å². The summed E-state index contributed by atoms with van der Waals surface area (Å²) in [6, 6.07) is 6.17. The number of nitrogens with one attached hydrogen (secondary N) is 2. The van der Waals surface area contributed by atoms with Gasteiger partial charge in [-0.1, -0.05) is 0 Å². The van der Waals surface area contributed by atoms with Crippen molar-refractivity contribution in [3.63, 3.8) is 0 Å². The number of thiophene rings is 1. The fraction of sp³-hybridized carbons (Fsp3) is 0.500. The summed E-state index contributed by atoms with van der Waals surface area (Å²) >= 11 is 1.82. The van der Waals surface area contributed by atoms with Gasteiger partial charge in [0.05, 0.1) is 6.54 Å². The standard InChI is InChI=1S/C18H27N7S.HI/c1-15-4-5-16(26-15)14-23-17(19-2)20-8-9-24-10-12-25(13-11-24)18-21-6-3-7-22-18;/h3-7H,8-14H2,1-2H3,(H2,19,20,23);1H. The molecule has 3 rings (SSSR count). The Morgan fingerprint density at radius 1 is 1.15 bits per heavy atom. The SMILES string of the molecule is CN=C(NCCN1CCN(c2ncccn2)CC1)NCc1ccc(C)s1.I. The second kappa shape index (κ2) is 11.4. The van der Waals surface area contributed by atoms with Gasteiger partial charge in [-0.3, -0.25) is 9.89 Å². The topological polar surface area (TPSA) is 68.7 Å². The number of hydrogen-bond acceptors (Lipinski definition) is 6. The van der Waals surface area contributed by atoms with Crippen molar-refractivity contribution in [1.29, 1.82) is 0 Å². The van der Waals surface area contributed by atoms with Crippen LogP contribution < -0.4 is 15.5 Å². The Kier molecular flexibility index (Phi) is 9.22. The van der Waals surface area contributed by atoms with E-state index in [9.17, 15) is 0 Å². The minimum Gasteiger partial charge on any atom is -0.355 e. The number of rotatable bonds is 6. The van der Waals surface area contributed by atoms with E-state index in [0.717, 1.165) is 57.7 Å². The van der Waals surface area contributed by atoms with Gasteiger partial charge in [0.1, 0.15) is 0 Å². The van der Waals surface area contributed by atoms with Crippen LogP contribution in [0, 0.1) is 6.92 Å². The van der Waals surface area contributed by atoms with Crippen molar-refractivity contribution in [3.8, 4) is 0 Å². The van der Waals surface area contributed by atoms with Gasteiger partial charge < -0.3 is 15.5 Å². The van der Waals surface area contributed by atoms with Gasteiger partial charge in [0.15, 0.2) is 5.96 Å². The van der Waals surface area contributed by atoms with E-state index in [1.54, 1.807) is 12.4 Å². The van der Waals surface area contributed by atoms with Gasteiger partial charge in [-0.2, -0.15) is 0 Å². The maximum Gasteiger partial charge on any atom is 0.225 e. The van der Waals surface area contributed by atoms with Crippen molar-refractivity contribution in [3.05, 3.63) is 40.3 Å². The fourth-order valence-corrected chi connectivity index (χ4v) is 3.76. The number of aliphatic imine (C=N–C) groups is 1. The monoisotopic (exact) mass is 501 g/mol. The lowest BCUT2D eigenvalue weighted by Crippen LogP contribution is -2.49. The molecule has 0 amide bonds. The smallest absolute Gasteiger partial charge is 0.225 e. The lowest BCUT2D eigenvalue weighted by Gasteiger charge is -2.34. The Hall–Kier alpha value is -1.46. The molecule has 1 aliphatic heterocycles. The van der Waals surface area contributed by atoms with E-state index >= 15 is 0 Å². The van der Waals surface area contributed by atoms with E-state index in [1.165, 1.54) is 9.75 Å². The quantitative estimate of drug-likeness (QED) is 0.359. The van der Waals surface area contributed by atoms with Crippen molar-refractivity contribution < 1.29 is 0 Å². The van der Waals surface area contributed by atoms with Crippen LogP contribution in [0.1, 0.15) is 9.75 Å². The largest absolute Gasteiger partial charge is 0.355 e. The van der Waals surface area contributed by atoms with Crippen LogP contribution >= 0.6 is 35.3 Å². The van der Waals surface area contributed by atoms with Crippen LogP contribution in [-0.2, 0) is 6.54 Å². The minimum atomic E-state index is 0. The summed E-state index contributed by atoms with van der Waals surface area (Å²) in [5, 5.41) is 6.77. The molecule has 0 radical (unpaired) electrons. The van der Waals surface area contributed by atoms with Crippen LogP contribution in [0.25, 0.3) is 0 Å². The number of nitrogens with zero attached hydrogens (tertiary/aromatic N) is 5. The number of halogens is 1. The normalized spacial score (nSPS) is 15.3. The van der Waals surface area contributed by atoms with Gasteiger partial charge in [0, 0.05) is 68.5 Å². The minimum absolute atomic E-state index is 0. The summed E-state index contributed by atoms with van der Waals surface area (Å²) in [5.41, 5.74) is 0. The molecule has 1 fully saturated rings. The third kappa shape index (κ3) is 6.89. The first-order valence-corrected chi connectivity index (χ1v) is 9.80. The van der Waals surface area contributed by atoms with Crippen molar-refractivity contribution in [2.75, 3.05) is 51.2 Å². The molecule has 0 aromatic carbocycles. The Balaban J connectivity index is 0.00000261. The molecule has 0 aliphatic carbocycles. The third-order valence-electron chi connectivity index (χ3n) is 4.38. The summed E-state index contributed by atoms with van der Waals surface area (Å²) in [6.07, 6.45) is 3.60. The Bertz CT molecular complexity index is 699. The molecule has 2 aromatic heterocycles. The molecule has 1 saturated heterocycles. The highest BCUT2D eigenvalue weighted by atomic mass is 127. The molecule has 9 heteroatoms. The predicted octanol–water partition coefficient (Wildman–Crippen LogP) is 1.95. The van der Waals surface area contributed by atoms with Crippen LogP contribution in [-0.4, -0.2) is 67.1 Å². The molecule has 7 nitrogen and oxygen atoms in total. The van der Waals surface area contributed by atoms with Gasteiger partial charge in [-0.15, -0.1) is 35.3 Å². The van der Waals surface area contributed by atoms with Crippen LogP contribution in [0.5, 0.6) is 0 Å². The average Bonchev–Trinajstić information content (AvgIpc) is 3.11. The summed E-state index contributed by atoms with van der Waals surface area (Å²) in [5.74, 6) is 1.69. The zero-order valence-electron chi connectivity index (χ0n) is 15.9. The molecular formula is C18H28IN7S. The molecule has 27 heavy (non-hydrogen) atoms. The maximum absolute atomic E-state index is 4.33. The van der Waals surface area contributed by atoms with E-state index in [1.807, 2.05) is 24.5 Å². The molecule has 0 saturated carbocycles. The van der Waals surface area contributed by atoms with E-state index in [-0.39, 0.29) is 24.0 Å². The molecule has 1 aliphatic rings. The van der Waals surface area contributed by atoms with Crippen LogP contribution in [0.3, 0.4) is 0 Å². The maximum atomic E-state index is 4.33. The fourth-order valence-electron chi connectivity index (χ4n) is 2.93. The van der Waals surface area contributed by atoms with Crippen LogP contribution in [0.2, 0.25) is 0 Å². The lowest BCUT2D eigenvalue weighted by molar-refractivity contribution is 0.260. The van der Waals surface area contributed by atoms with E-state index in [4.69, 9.17) is 0 Å². The molecule has 0 spiro atoms. The van der Waals surface area contributed by atoms with E-state index in [0.29, 0.717) is 0 Å². The van der Waals surface area contributed by atoms with Crippen molar-refractivity contribution in [2.24, 2.45) is 4.99 Å².